The third kappa shape index (κ3) is 2.07. The maximum Gasteiger partial charge on any atom is 0.140 e. The molecular formula is C21H17N5. The Hall–Kier alpha value is -3.47. The van der Waals surface area contributed by atoms with Crippen molar-refractivity contribution in [3.63, 3.8) is 0 Å². The minimum Gasteiger partial charge on any atom is -0.377 e. The molecule has 0 atom stereocenters. The lowest BCUT2D eigenvalue weighted by atomic mass is 10.1. The molecule has 5 heteroatoms. The largest absolute Gasteiger partial charge is 0.377 e. The van der Waals surface area contributed by atoms with Crippen molar-refractivity contribution >= 4 is 38.5 Å². The second-order valence-corrected chi connectivity index (χ2v) is 6.52. The molecule has 0 spiro atoms. The highest BCUT2D eigenvalue weighted by atomic mass is 15.1. The zero-order valence-corrected chi connectivity index (χ0v) is 14.6. The Balaban J connectivity index is 1.92. The highest BCUT2D eigenvalue weighted by molar-refractivity contribution is 6.21. The summed E-state index contributed by atoms with van der Waals surface area (Å²) in [7, 11) is 4.08. The van der Waals surface area contributed by atoms with Gasteiger partial charge in [-0.1, -0.05) is 12.1 Å². The van der Waals surface area contributed by atoms with Crippen molar-refractivity contribution in [2.75, 3.05) is 19.0 Å². The Morgan fingerprint density at radius 3 is 2.23 bits per heavy atom. The van der Waals surface area contributed by atoms with E-state index in [4.69, 9.17) is 4.98 Å². The molecule has 0 radical (unpaired) electrons. The van der Waals surface area contributed by atoms with E-state index in [1.165, 1.54) is 0 Å². The van der Waals surface area contributed by atoms with Gasteiger partial charge >= 0.3 is 0 Å². The predicted molar refractivity (Wildman–Crippen MR) is 106 cm³/mol. The number of para-hydroxylation sites is 1. The lowest BCUT2D eigenvalue weighted by Crippen LogP contribution is -2.09. The standard InChI is InChI=1S/C21H17N5/c1-26(2)16-10-4-3-7-13(16)21-24-19-14-8-5-11-22-17(14)18-15(20(19)25-21)9-6-12-23-18/h3-12H,1-2H3,(H,24,25). The molecule has 5 aromatic rings. The average Bonchev–Trinajstić information content (AvgIpc) is 3.14. The van der Waals surface area contributed by atoms with Crippen LogP contribution in [0.1, 0.15) is 0 Å². The van der Waals surface area contributed by atoms with Gasteiger partial charge in [0.25, 0.3) is 0 Å². The van der Waals surface area contributed by atoms with Gasteiger partial charge < -0.3 is 9.88 Å². The smallest absolute Gasteiger partial charge is 0.140 e. The summed E-state index contributed by atoms with van der Waals surface area (Å²) in [4.78, 5) is 19.7. The number of anilines is 1. The first-order chi connectivity index (χ1) is 12.7. The van der Waals surface area contributed by atoms with E-state index >= 15 is 0 Å². The molecule has 0 saturated heterocycles. The fraction of sp³-hybridized carbons (Fsp3) is 0.0952. The number of nitrogens with one attached hydrogen (secondary N) is 1. The molecule has 0 aliphatic heterocycles. The van der Waals surface area contributed by atoms with Crippen LogP contribution in [0.25, 0.3) is 44.2 Å². The first-order valence-electron chi connectivity index (χ1n) is 8.52. The van der Waals surface area contributed by atoms with Gasteiger partial charge in [0.2, 0.25) is 0 Å². The fourth-order valence-electron chi connectivity index (χ4n) is 3.54. The van der Waals surface area contributed by atoms with E-state index in [1.54, 1.807) is 12.4 Å². The summed E-state index contributed by atoms with van der Waals surface area (Å²) in [5.41, 5.74) is 5.90. The van der Waals surface area contributed by atoms with Crippen LogP contribution in [-0.2, 0) is 0 Å². The van der Waals surface area contributed by atoms with Gasteiger partial charge in [0.1, 0.15) is 5.82 Å². The zero-order valence-electron chi connectivity index (χ0n) is 14.6. The van der Waals surface area contributed by atoms with Gasteiger partial charge in [0.05, 0.1) is 22.1 Å². The summed E-state index contributed by atoms with van der Waals surface area (Å²) in [6, 6.07) is 16.3. The van der Waals surface area contributed by atoms with Crippen molar-refractivity contribution in [2.45, 2.75) is 0 Å². The molecule has 126 valence electrons. The van der Waals surface area contributed by atoms with Gasteiger partial charge in [-0.2, -0.15) is 0 Å². The van der Waals surface area contributed by atoms with Crippen molar-refractivity contribution in [2.24, 2.45) is 0 Å². The van der Waals surface area contributed by atoms with Crippen LogP contribution >= 0.6 is 0 Å². The number of fused-ring (bicyclic) bond motifs is 6. The number of H-pyrrole nitrogens is 1. The van der Waals surface area contributed by atoms with Crippen LogP contribution in [0.4, 0.5) is 5.69 Å². The first-order valence-corrected chi connectivity index (χ1v) is 8.52. The highest BCUT2D eigenvalue weighted by Crippen LogP contribution is 2.35. The third-order valence-corrected chi connectivity index (χ3v) is 4.71. The number of aromatic nitrogens is 4. The van der Waals surface area contributed by atoms with E-state index in [0.29, 0.717) is 0 Å². The molecule has 3 aromatic heterocycles. The van der Waals surface area contributed by atoms with Gasteiger partial charge in [0, 0.05) is 48.5 Å². The predicted octanol–water partition coefficient (Wildman–Crippen LogP) is 4.39. The van der Waals surface area contributed by atoms with Crippen LogP contribution in [0.3, 0.4) is 0 Å². The maximum absolute atomic E-state index is 4.95. The molecule has 3 heterocycles. The van der Waals surface area contributed by atoms with E-state index in [0.717, 1.165) is 49.9 Å². The van der Waals surface area contributed by atoms with Gasteiger partial charge in [0.15, 0.2) is 0 Å². The summed E-state index contributed by atoms with van der Waals surface area (Å²) in [6.45, 7) is 0. The molecule has 0 fully saturated rings. The Morgan fingerprint density at radius 1 is 0.769 bits per heavy atom. The van der Waals surface area contributed by atoms with Crippen molar-refractivity contribution in [3.05, 3.63) is 60.9 Å². The van der Waals surface area contributed by atoms with Gasteiger partial charge in [-0.25, -0.2) is 4.98 Å². The molecule has 0 saturated carbocycles. The summed E-state index contributed by atoms with van der Waals surface area (Å²) >= 11 is 0. The number of aromatic amines is 1. The van der Waals surface area contributed by atoms with Gasteiger partial charge in [-0.3, -0.25) is 9.97 Å². The molecule has 0 amide bonds. The SMILES string of the molecule is CN(C)c1ccccc1-c1nc2c3cccnc3c3ncccc3c2[nH]1. The summed E-state index contributed by atoms with van der Waals surface area (Å²) in [6.07, 6.45) is 3.61. The van der Waals surface area contributed by atoms with E-state index in [-0.39, 0.29) is 0 Å². The lowest BCUT2D eigenvalue weighted by molar-refractivity contribution is 1.13. The van der Waals surface area contributed by atoms with Crippen molar-refractivity contribution in [3.8, 4) is 11.4 Å². The average molecular weight is 339 g/mol. The van der Waals surface area contributed by atoms with Crippen LogP contribution < -0.4 is 4.90 Å². The number of rotatable bonds is 2. The normalized spacial score (nSPS) is 11.5. The first kappa shape index (κ1) is 14.8. The number of imidazole rings is 1. The van der Waals surface area contributed by atoms with Crippen molar-refractivity contribution in [1.82, 2.24) is 19.9 Å². The molecule has 0 aliphatic carbocycles. The molecule has 1 N–H and O–H groups in total. The maximum atomic E-state index is 4.95. The Morgan fingerprint density at radius 2 is 1.46 bits per heavy atom. The summed E-state index contributed by atoms with van der Waals surface area (Å²) in [5, 5.41) is 2.05. The Bertz CT molecular complexity index is 1200. The third-order valence-electron chi connectivity index (χ3n) is 4.71. The van der Waals surface area contributed by atoms with E-state index in [2.05, 4.69) is 44.1 Å². The topological polar surface area (TPSA) is 57.7 Å². The molecule has 0 bridgehead atoms. The molecule has 2 aromatic carbocycles. The van der Waals surface area contributed by atoms with Crippen LogP contribution in [0.15, 0.2) is 60.9 Å². The minimum absolute atomic E-state index is 0.853. The van der Waals surface area contributed by atoms with Crippen LogP contribution in [0, 0.1) is 0 Å². The summed E-state index contributed by atoms with van der Waals surface area (Å²) in [5.74, 6) is 0.853. The number of benzene rings is 2. The second kappa shape index (κ2) is 5.52. The molecule has 5 nitrogen and oxygen atoms in total. The van der Waals surface area contributed by atoms with Crippen LogP contribution in [0.2, 0.25) is 0 Å². The minimum atomic E-state index is 0.853. The van der Waals surface area contributed by atoms with E-state index in [1.807, 2.05) is 38.4 Å². The van der Waals surface area contributed by atoms with Crippen molar-refractivity contribution < 1.29 is 0 Å². The van der Waals surface area contributed by atoms with E-state index < -0.39 is 0 Å². The number of hydrogen-bond donors (Lipinski definition) is 1. The quantitative estimate of drug-likeness (QED) is 0.485. The number of hydrogen-bond acceptors (Lipinski definition) is 4. The lowest BCUT2D eigenvalue weighted by Gasteiger charge is -2.15. The summed E-state index contributed by atoms with van der Waals surface area (Å²) < 4.78 is 0. The molecular weight excluding hydrogens is 322 g/mol. The molecule has 0 unspecified atom stereocenters. The molecule has 26 heavy (non-hydrogen) atoms. The number of pyridine rings is 2. The van der Waals surface area contributed by atoms with Gasteiger partial charge in [-0.05, 0) is 36.4 Å². The van der Waals surface area contributed by atoms with Crippen LogP contribution in [-0.4, -0.2) is 34.0 Å². The zero-order chi connectivity index (χ0) is 17.7. The van der Waals surface area contributed by atoms with Gasteiger partial charge in [-0.15, -0.1) is 0 Å². The highest BCUT2D eigenvalue weighted by Gasteiger charge is 2.16. The second-order valence-electron chi connectivity index (χ2n) is 6.52. The van der Waals surface area contributed by atoms with Crippen LogP contribution in [0.5, 0.6) is 0 Å². The molecule has 0 aliphatic rings. The number of nitrogens with zero attached hydrogens (tertiary/aromatic N) is 4. The van der Waals surface area contributed by atoms with Crippen molar-refractivity contribution in [1.29, 1.82) is 0 Å². The fourth-order valence-corrected chi connectivity index (χ4v) is 3.54. The Labute approximate surface area is 150 Å². The molecule has 5 rings (SSSR count). The monoisotopic (exact) mass is 339 g/mol. The van der Waals surface area contributed by atoms with E-state index in [9.17, 15) is 0 Å². The Kier molecular flexibility index (Phi) is 3.15.